The van der Waals surface area contributed by atoms with Crippen LogP contribution >= 0.6 is 0 Å². The zero-order valence-corrected chi connectivity index (χ0v) is 13.6. The molecule has 1 saturated carbocycles. The number of carbonyl (C=O) groups excluding carboxylic acids is 1. The van der Waals surface area contributed by atoms with Gasteiger partial charge in [0.05, 0.1) is 6.04 Å². The molecule has 3 N–H and O–H groups in total. The summed E-state index contributed by atoms with van der Waals surface area (Å²) in [5.74, 6) is 0.288. The predicted molar refractivity (Wildman–Crippen MR) is 89.8 cm³/mol. The first-order valence-corrected chi connectivity index (χ1v) is 8.36. The van der Waals surface area contributed by atoms with Crippen LogP contribution < -0.4 is 15.8 Å². The summed E-state index contributed by atoms with van der Waals surface area (Å²) in [5.41, 5.74) is 5.77. The van der Waals surface area contributed by atoms with E-state index in [0.29, 0.717) is 30.6 Å². The summed E-state index contributed by atoms with van der Waals surface area (Å²) < 4.78 is 7.51. The van der Waals surface area contributed by atoms with Crippen LogP contribution in [0.2, 0.25) is 0 Å². The third-order valence-corrected chi connectivity index (χ3v) is 4.29. The van der Waals surface area contributed by atoms with Crippen molar-refractivity contribution in [3.63, 3.8) is 0 Å². The van der Waals surface area contributed by atoms with Crippen molar-refractivity contribution in [2.24, 2.45) is 5.73 Å². The molecule has 0 atom stereocenters. The van der Waals surface area contributed by atoms with Gasteiger partial charge in [0, 0.05) is 31.2 Å². The molecule has 0 unspecified atom stereocenters. The van der Waals surface area contributed by atoms with Gasteiger partial charge in [0.25, 0.3) is 5.91 Å². The van der Waals surface area contributed by atoms with Gasteiger partial charge in [-0.1, -0.05) is 0 Å². The minimum atomic E-state index is -0.190. The van der Waals surface area contributed by atoms with Crippen LogP contribution in [-0.4, -0.2) is 39.9 Å². The molecule has 0 aliphatic heterocycles. The number of nitrogens with zero attached hydrogens (tertiary/aromatic N) is 3. The topological polar surface area (TPSA) is 95.1 Å². The van der Waals surface area contributed by atoms with Crippen molar-refractivity contribution in [2.45, 2.75) is 37.8 Å². The highest BCUT2D eigenvalue weighted by molar-refractivity contribution is 5.95. The first kappa shape index (κ1) is 16.4. The number of rotatable bonds is 6. The predicted octanol–water partition coefficient (Wildman–Crippen LogP) is 1.53. The molecule has 2 heterocycles. The number of nitrogens with one attached hydrogen (secondary N) is 1. The Balaban J connectivity index is 1.56. The minimum Gasteiger partial charge on any atom is -0.490 e. The quantitative estimate of drug-likeness (QED) is 0.838. The average Bonchev–Trinajstić information content (AvgIpc) is 3.15. The van der Waals surface area contributed by atoms with E-state index in [9.17, 15) is 4.79 Å². The molecule has 1 amide bonds. The highest BCUT2D eigenvalue weighted by atomic mass is 16.5. The number of hydrogen-bond acceptors (Lipinski definition) is 5. The van der Waals surface area contributed by atoms with E-state index in [4.69, 9.17) is 10.5 Å². The molecule has 7 nitrogen and oxygen atoms in total. The minimum absolute atomic E-state index is 0.161. The van der Waals surface area contributed by atoms with Gasteiger partial charge in [-0.2, -0.15) is 5.10 Å². The van der Waals surface area contributed by atoms with Crippen LogP contribution in [0.4, 0.5) is 0 Å². The Labute approximate surface area is 141 Å². The van der Waals surface area contributed by atoms with E-state index < -0.39 is 0 Å². The molecule has 24 heavy (non-hydrogen) atoms. The van der Waals surface area contributed by atoms with Crippen LogP contribution in [0.5, 0.6) is 5.75 Å². The van der Waals surface area contributed by atoms with Crippen LogP contribution in [-0.2, 0) is 0 Å². The van der Waals surface area contributed by atoms with E-state index in [1.165, 1.54) is 0 Å². The number of hydrogen-bond donors (Lipinski definition) is 2. The number of pyridine rings is 1. The van der Waals surface area contributed by atoms with Gasteiger partial charge in [-0.25, -0.2) is 4.98 Å². The third-order valence-electron chi connectivity index (χ3n) is 4.29. The van der Waals surface area contributed by atoms with Crippen molar-refractivity contribution < 1.29 is 9.53 Å². The Bertz CT molecular complexity index is 651. The number of nitrogens with two attached hydrogens (primary N) is 1. The zero-order valence-electron chi connectivity index (χ0n) is 13.6. The maximum atomic E-state index is 12.5. The summed E-state index contributed by atoms with van der Waals surface area (Å²) in [5, 5.41) is 7.38. The molecule has 128 valence electrons. The summed E-state index contributed by atoms with van der Waals surface area (Å²) in [4.78, 5) is 16.7. The first-order chi connectivity index (χ1) is 11.8. The maximum absolute atomic E-state index is 12.5. The van der Waals surface area contributed by atoms with E-state index >= 15 is 0 Å². The highest BCUT2D eigenvalue weighted by Crippen LogP contribution is 2.28. The second-order valence-electron chi connectivity index (χ2n) is 5.95. The van der Waals surface area contributed by atoms with E-state index in [2.05, 4.69) is 15.4 Å². The SMILES string of the molecule is NCCOc1cccnc1C(=O)NC1CCC(n2cccn2)CC1. The van der Waals surface area contributed by atoms with Crippen molar-refractivity contribution in [1.82, 2.24) is 20.1 Å². The van der Waals surface area contributed by atoms with Crippen molar-refractivity contribution in [1.29, 1.82) is 0 Å². The molecule has 1 aliphatic rings. The van der Waals surface area contributed by atoms with E-state index in [0.717, 1.165) is 25.7 Å². The lowest BCUT2D eigenvalue weighted by Crippen LogP contribution is -2.38. The molecule has 0 saturated heterocycles. The molecule has 3 rings (SSSR count). The normalized spacial score (nSPS) is 20.5. The Morgan fingerprint density at radius 3 is 2.83 bits per heavy atom. The monoisotopic (exact) mass is 329 g/mol. The molecular weight excluding hydrogens is 306 g/mol. The smallest absolute Gasteiger partial charge is 0.273 e. The molecule has 1 fully saturated rings. The molecule has 7 heteroatoms. The van der Waals surface area contributed by atoms with Crippen LogP contribution in [0, 0.1) is 0 Å². The molecule has 0 radical (unpaired) electrons. The number of aromatic nitrogens is 3. The molecule has 0 aromatic carbocycles. The maximum Gasteiger partial charge on any atom is 0.273 e. The van der Waals surface area contributed by atoms with Gasteiger partial charge in [-0.3, -0.25) is 9.48 Å². The lowest BCUT2D eigenvalue weighted by atomic mass is 9.91. The Morgan fingerprint density at radius 1 is 1.29 bits per heavy atom. The van der Waals surface area contributed by atoms with Crippen molar-refractivity contribution in [2.75, 3.05) is 13.2 Å². The molecular formula is C17H23N5O2. The Hall–Kier alpha value is -2.41. The number of carbonyl (C=O) groups is 1. The van der Waals surface area contributed by atoms with Gasteiger partial charge in [0.2, 0.25) is 0 Å². The highest BCUT2D eigenvalue weighted by Gasteiger charge is 2.25. The zero-order chi connectivity index (χ0) is 16.8. The first-order valence-electron chi connectivity index (χ1n) is 8.36. The molecule has 2 aromatic rings. The summed E-state index contributed by atoms with van der Waals surface area (Å²) in [6.07, 6.45) is 9.27. The Kier molecular flexibility index (Phi) is 5.43. The lowest BCUT2D eigenvalue weighted by Gasteiger charge is -2.29. The van der Waals surface area contributed by atoms with Gasteiger partial charge < -0.3 is 15.8 Å². The molecule has 2 aromatic heterocycles. The second-order valence-corrected chi connectivity index (χ2v) is 5.95. The van der Waals surface area contributed by atoms with Gasteiger partial charge in [-0.15, -0.1) is 0 Å². The van der Waals surface area contributed by atoms with Crippen LogP contribution in [0.15, 0.2) is 36.8 Å². The molecule has 0 spiro atoms. The molecule has 0 bridgehead atoms. The van der Waals surface area contributed by atoms with Gasteiger partial charge in [0.1, 0.15) is 6.61 Å². The summed E-state index contributed by atoms with van der Waals surface area (Å²) in [6, 6.07) is 6.02. The van der Waals surface area contributed by atoms with Gasteiger partial charge >= 0.3 is 0 Å². The number of ether oxygens (including phenoxy) is 1. The van der Waals surface area contributed by atoms with Crippen molar-refractivity contribution >= 4 is 5.91 Å². The van der Waals surface area contributed by atoms with E-state index in [-0.39, 0.29) is 11.9 Å². The molecule has 1 aliphatic carbocycles. The fourth-order valence-corrected chi connectivity index (χ4v) is 3.08. The summed E-state index contributed by atoms with van der Waals surface area (Å²) >= 11 is 0. The number of amides is 1. The average molecular weight is 329 g/mol. The van der Waals surface area contributed by atoms with Crippen molar-refractivity contribution in [3.8, 4) is 5.75 Å². The van der Waals surface area contributed by atoms with Crippen LogP contribution in [0.3, 0.4) is 0 Å². The second kappa shape index (κ2) is 7.92. The summed E-state index contributed by atoms with van der Waals surface area (Å²) in [7, 11) is 0. The van der Waals surface area contributed by atoms with Crippen LogP contribution in [0.1, 0.15) is 42.2 Å². The Morgan fingerprint density at radius 2 is 2.12 bits per heavy atom. The largest absolute Gasteiger partial charge is 0.490 e. The third kappa shape index (κ3) is 3.91. The van der Waals surface area contributed by atoms with Gasteiger partial charge in [0.15, 0.2) is 11.4 Å². The van der Waals surface area contributed by atoms with Crippen LogP contribution in [0.25, 0.3) is 0 Å². The summed E-state index contributed by atoms with van der Waals surface area (Å²) in [6.45, 7) is 0.758. The fourth-order valence-electron chi connectivity index (χ4n) is 3.08. The lowest BCUT2D eigenvalue weighted by molar-refractivity contribution is 0.0912. The van der Waals surface area contributed by atoms with Gasteiger partial charge in [-0.05, 0) is 43.9 Å². The fraction of sp³-hybridized carbons (Fsp3) is 0.471. The van der Waals surface area contributed by atoms with E-state index in [1.54, 1.807) is 24.5 Å². The van der Waals surface area contributed by atoms with E-state index in [1.807, 2.05) is 16.9 Å². The standard InChI is InChI=1S/C17H23N5O2/c18-8-12-24-15-3-1-9-19-16(15)17(23)21-13-4-6-14(7-5-13)22-11-2-10-20-22/h1-3,9-11,13-14H,4-8,12,18H2,(H,21,23). The van der Waals surface area contributed by atoms with Crippen molar-refractivity contribution in [3.05, 3.63) is 42.5 Å².